The third kappa shape index (κ3) is 5.45. The molecule has 0 aliphatic carbocycles. The van der Waals surface area contributed by atoms with Gasteiger partial charge in [0.15, 0.2) is 23.4 Å². The normalized spacial score (nSPS) is 11.3. The van der Waals surface area contributed by atoms with Crippen LogP contribution in [-0.2, 0) is 11.2 Å². The number of hydrogen-bond acceptors (Lipinski definition) is 4. The number of thiazole rings is 1. The minimum atomic E-state index is -1.63. The highest BCUT2D eigenvalue weighted by Crippen LogP contribution is 2.19. The van der Waals surface area contributed by atoms with Gasteiger partial charge in [-0.3, -0.25) is 9.79 Å². The fraction of sp³-hybridized carbons (Fsp3) is 0.312. The Bertz CT molecular complexity index is 809. The highest BCUT2D eigenvalue weighted by Gasteiger charge is 2.15. The molecule has 0 aliphatic heterocycles. The Morgan fingerprint density at radius 1 is 1.23 bits per heavy atom. The highest BCUT2D eigenvalue weighted by atomic mass is 32.1. The van der Waals surface area contributed by atoms with Crippen molar-refractivity contribution in [1.82, 2.24) is 15.6 Å². The highest BCUT2D eigenvalue weighted by molar-refractivity contribution is 7.11. The van der Waals surface area contributed by atoms with E-state index in [2.05, 4.69) is 25.9 Å². The summed E-state index contributed by atoms with van der Waals surface area (Å²) in [6.45, 7) is 2.31. The van der Waals surface area contributed by atoms with Crippen molar-refractivity contribution in [1.29, 1.82) is 0 Å². The van der Waals surface area contributed by atoms with Gasteiger partial charge < -0.3 is 16.0 Å². The fourth-order valence-electron chi connectivity index (χ4n) is 2.01. The predicted molar refractivity (Wildman–Crippen MR) is 94.9 cm³/mol. The molecule has 1 heterocycles. The number of carbonyl (C=O) groups is 1. The topological polar surface area (TPSA) is 78.4 Å². The number of amides is 1. The Balaban J connectivity index is 1.78. The summed E-state index contributed by atoms with van der Waals surface area (Å²) in [6, 6.07) is 1.69. The summed E-state index contributed by atoms with van der Waals surface area (Å²) in [7, 11) is 1.54. The van der Waals surface area contributed by atoms with E-state index < -0.39 is 29.0 Å². The molecule has 1 amide bonds. The number of aromatic nitrogens is 1. The molecule has 0 unspecified atom stereocenters. The van der Waals surface area contributed by atoms with Crippen molar-refractivity contribution in [3.63, 3.8) is 0 Å². The van der Waals surface area contributed by atoms with Crippen molar-refractivity contribution in [2.75, 3.05) is 25.5 Å². The van der Waals surface area contributed by atoms with Crippen LogP contribution in [0.25, 0.3) is 0 Å². The maximum Gasteiger partial charge on any atom is 0.243 e. The molecule has 140 valence electrons. The molecule has 0 saturated heterocycles. The van der Waals surface area contributed by atoms with Gasteiger partial charge in [-0.15, -0.1) is 11.3 Å². The Labute approximate surface area is 152 Å². The molecule has 3 N–H and O–H groups in total. The number of rotatable bonds is 6. The lowest BCUT2D eigenvalue weighted by atomic mass is 10.2. The molecule has 2 aromatic rings. The number of anilines is 1. The van der Waals surface area contributed by atoms with Crippen molar-refractivity contribution in [2.24, 2.45) is 4.99 Å². The maximum absolute atomic E-state index is 13.5. The first-order chi connectivity index (χ1) is 12.4. The van der Waals surface area contributed by atoms with Crippen molar-refractivity contribution in [3.8, 4) is 0 Å². The summed E-state index contributed by atoms with van der Waals surface area (Å²) in [5.74, 6) is -4.66. The smallest absolute Gasteiger partial charge is 0.243 e. The van der Waals surface area contributed by atoms with E-state index in [1.165, 1.54) is 7.05 Å². The summed E-state index contributed by atoms with van der Waals surface area (Å²) in [4.78, 5) is 21.2. The first-order valence-corrected chi connectivity index (χ1v) is 8.51. The minimum absolute atomic E-state index is 0.228. The van der Waals surface area contributed by atoms with Crippen molar-refractivity contribution in [2.45, 2.75) is 13.3 Å². The van der Waals surface area contributed by atoms with Gasteiger partial charge >= 0.3 is 0 Å². The number of nitrogens with one attached hydrogen (secondary N) is 3. The summed E-state index contributed by atoms with van der Waals surface area (Å²) in [5, 5.41) is 8.91. The van der Waals surface area contributed by atoms with Crippen LogP contribution in [0.5, 0.6) is 0 Å². The van der Waals surface area contributed by atoms with Crippen LogP contribution in [0.4, 0.5) is 18.9 Å². The number of nitrogens with zero attached hydrogens (tertiary/aromatic N) is 2. The van der Waals surface area contributed by atoms with Crippen molar-refractivity contribution < 1.29 is 18.0 Å². The fourth-order valence-corrected chi connectivity index (χ4v) is 2.79. The van der Waals surface area contributed by atoms with Crippen LogP contribution < -0.4 is 16.0 Å². The molecule has 0 saturated carbocycles. The third-order valence-electron chi connectivity index (χ3n) is 3.25. The van der Waals surface area contributed by atoms with E-state index in [0.717, 1.165) is 22.0 Å². The second-order valence-electron chi connectivity index (χ2n) is 5.24. The molecule has 0 radical (unpaired) electrons. The van der Waals surface area contributed by atoms with Crippen molar-refractivity contribution in [3.05, 3.63) is 45.7 Å². The van der Waals surface area contributed by atoms with E-state index >= 15 is 0 Å². The van der Waals surface area contributed by atoms with E-state index in [-0.39, 0.29) is 6.54 Å². The molecule has 10 heteroatoms. The van der Waals surface area contributed by atoms with Crippen LogP contribution in [0.1, 0.15) is 9.88 Å². The van der Waals surface area contributed by atoms with Crippen LogP contribution in [-0.4, -0.2) is 37.0 Å². The lowest BCUT2D eigenvalue weighted by Gasteiger charge is -2.12. The van der Waals surface area contributed by atoms with E-state index in [0.29, 0.717) is 18.9 Å². The molecule has 1 aromatic heterocycles. The second kappa shape index (κ2) is 9.18. The zero-order valence-corrected chi connectivity index (χ0v) is 15.0. The molecule has 2 rings (SSSR count). The number of hydrogen-bond donors (Lipinski definition) is 3. The largest absolute Gasteiger partial charge is 0.356 e. The standard InChI is InChI=1S/C16H18F3N5OS/c1-9-7-22-13(26-9)5-6-21-16(20-2)23-8-12(25)24-11-4-3-10(17)14(18)15(11)19/h3-4,7H,5-6,8H2,1-2H3,(H,24,25)(H2,20,21,23). The molecule has 0 aliphatic rings. The predicted octanol–water partition coefficient (Wildman–Crippen LogP) is 2.22. The average Bonchev–Trinajstić information content (AvgIpc) is 3.03. The molecule has 1 aromatic carbocycles. The number of aryl methyl sites for hydroxylation is 1. The van der Waals surface area contributed by atoms with Crippen LogP contribution in [0.3, 0.4) is 0 Å². The lowest BCUT2D eigenvalue weighted by Crippen LogP contribution is -2.42. The molecule has 0 bridgehead atoms. The zero-order valence-electron chi connectivity index (χ0n) is 14.2. The average molecular weight is 385 g/mol. The number of aliphatic imine (C=N–C) groups is 1. The molecule has 26 heavy (non-hydrogen) atoms. The zero-order chi connectivity index (χ0) is 19.1. The summed E-state index contributed by atoms with van der Waals surface area (Å²) >= 11 is 1.60. The number of guanidine groups is 1. The van der Waals surface area contributed by atoms with Crippen LogP contribution in [0.15, 0.2) is 23.3 Å². The van der Waals surface area contributed by atoms with Crippen molar-refractivity contribution >= 4 is 28.9 Å². The first-order valence-electron chi connectivity index (χ1n) is 7.70. The van der Waals surface area contributed by atoms with E-state index in [1.54, 1.807) is 17.5 Å². The monoisotopic (exact) mass is 385 g/mol. The van der Waals surface area contributed by atoms with Crippen LogP contribution in [0.2, 0.25) is 0 Å². The van der Waals surface area contributed by atoms with Crippen LogP contribution >= 0.6 is 11.3 Å². The number of benzene rings is 1. The Kier molecular flexibility index (Phi) is 6.96. The third-order valence-corrected chi connectivity index (χ3v) is 4.22. The molecule has 0 fully saturated rings. The number of halogens is 3. The van der Waals surface area contributed by atoms with Gasteiger partial charge in [0.1, 0.15) is 0 Å². The van der Waals surface area contributed by atoms with Gasteiger partial charge in [-0.25, -0.2) is 18.2 Å². The van der Waals surface area contributed by atoms with E-state index in [9.17, 15) is 18.0 Å². The van der Waals surface area contributed by atoms with Gasteiger partial charge in [-0.1, -0.05) is 0 Å². The second-order valence-corrected chi connectivity index (χ2v) is 6.56. The van der Waals surface area contributed by atoms with Gasteiger partial charge in [-0.05, 0) is 19.1 Å². The molecule has 6 nitrogen and oxygen atoms in total. The first kappa shape index (κ1) is 19.7. The molecular formula is C16H18F3N5OS. The summed E-state index contributed by atoms with van der Waals surface area (Å²) in [6.07, 6.45) is 2.50. The molecular weight excluding hydrogens is 367 g/mol. The minimum Gasteiger partial charge on any atom is -0.356 e. The molecule has 0 spiro atoms. The van der Waals surface area contributed by atoms with Gasteiger partial charge in [-0.2, -0.15) is 0 Å². The maximum atomic E-state index is 13.5. The van der Waals surface area contributed by atoms with E-state index in [1.807, 2.05) is 6.92 Å². The quantitative estimate of drug-likeness (QED) is 0.405. The summed E-state index contributed by atoms with van der Waals surface area (Å²) < 4.78 is 39.5. The van der Waals surface area contributed by atoms with Gasteiger partial charge in [0.2, 0.25) is 5.91 Å². The Morgan fingerprint density at radius 2 is 2.00 bits per heavy atom. The van der Waals surface area contributed by atoms with Gasteiger partial charge in [0.05, 0.1) is 17.2 Å². The van der Waals surface area contributed by atoms with E-state index in [4.69, 9.17) is 0 Å². The Hall–Kier alpha value is -2.62. The SMILES string of the molecule is CN=C(NCCc1ncc(C)s1)NCC(=O)Nc1ccc(F)c(F)c1F. The van der Waals surface area contributed by atoms with Gasteiger partial charge in [0.25, 0.3) is 0 Å². The van der Waals surface area contributed by atoms with Gasteiger partial charge in [0, 0.05) is 31.1 Å². The molecule has 0 atom stereocenters. The lowest BCUT2D eigenvalue weighted by molar-refractivity contribution is -0.115. The van der Waals surface area contributed by atoms with Crippen LogP contribution in [0, 0.1) is 24.4 Å². The number of carbonyl (C=O) groups excluding carboxylic acids is 1. The Morgan fingerprint density at radius 3 is 2.65 bits per heavy atom. The summed E-state index contributed by atoms with van der Waals surface area (Å²) in [5.41, 5.74) is -0.433.